The standard InChI is InChI=1S/C14H17FN2OS/c1-3-11-7-17-14(19-11)8-16-9(2)12-5-4-10(15)6-13(12)18/h4-7,9,16,18H,3,8H2,1-2H3. The molecule has 1 heterocycles. The lowest BCUT2D eigenvalue weighted by Gasteiger charge is -2.14. The fourth-order valence-corrected chi connectivity index (χ4v) is 2.64. The van der Waals surface area contributed by atoms with E-state index in [9.17, 15) is 9.50 Å². The molecule has 19 heavy (non-hydrogen) atoms. The monoisotopic (exact) mass is 280 g/mol. The maximum atomic E-state index is 12.9. The number of halogens is 1. The topological polar surface area (TPSA) is 45.2 Å². The van der Waals surface area contributed by atoms with Gasteiger partial charge in [0, 0.05) is 35.3 Å². The molecule has 102 valence electrons. The highest BCUT2D eigenvalue weighted by molar-refractivity contribution is 7.11. The van der Waals surface area contributed by atoms with Gasteiger partial charge in [0.05, 0.1) is 0 Å². The first-order valence-electron chi connectivity index (χ1n) is 6.25. The Morgan fingerprint density at radius 2 is 2.26 bits per heavy atom. The normalized spacial score (nSPS) is 12.6. The van der Waals surface area contributed by atoms with E-state index in [1.54, 1.807) is 17.4 Å². The number of hydrogen-bond acceptors (Lipinski definition) is 4. The van der Waals surface area contributed by atoms with Crippen LogP contribution in [-0.2, 0) is 13.0 Å². The number of aromatic hydroxyl groups is 1. The molecule has 0 amide bonds. The highest BCUT2D eigenvalue weighted by Crippen LogP contribution is 2.25. The minimum atomic E-state index is -0.430. The molecule has 0 bridgehead atoms. The zero-order valence-corrected chi connectivity index (χ0v) is 11.8. The van der Waals surface area contributed by atoms with Crippen molar-refractivity contribution in [1.29, 1.82) is 0 Å². The Labute approximate surface area is 116 Å². The number of benzene rings is 1. The molecule has 0 spiro atoms. The number of nitrogens with zero attached hydrogens (tertiary/aromatic N) is 1. The van der Waals surface area contributed by atoms with Crippen molar-refractivity contribution in [3.8, 4) is 5.75 Å². The molecule has 0 saturated heterocycles. The van der Waals surface area contributed by atoms with Gasteiger partial charge in [-0.2, -0.15) is 0 Å². The molecule has 2 N–H and O–H groups in total. The van der Waals surface area contributed by atoms with Crippen LogP contribution >= 0.6 is 11.3 Å². The minimum absolute atomic E-state index is 0.0200. The summed E-state index contributed by atoms with van der Waals surface area (Å²) in [6, 6.07) is 4.02. The van der Waals surface area contributed by atoms with Gasteiger partial charge in [0.2, 0.25) is 0 Å². The Morgan fingerprint density at radius 1 is 1.47 bits per heavy atom. The largest absolute Gasteiger partial charge is 0.508 e. The van der Waals surface area contributed by atoms with E-state index in [0.717, 1.165) is 17.5 Å². The van der Waals surface area contributed by atoms with Gasteiger partial charge in [-0.3, -0.25) is 0 Å². The van der Waals surface area contributed by atoms with Crippen molar-refractivity contribution >= 4 is 11.3 Å². The van der Waals surface area contributed by atoms with Crippen LogP contribution < -0.4 is 5.32 Å². The lowest BCUT2D eigenvalue weighted by Crippen LogP contribution is -2.18. The van der Waals surface area contributed by atoms with Gasteiger partial charge in [-0.05, 0) is 19.4 Å². The number of nitrogens with one attached hydrogen (secondary N) is 1. The molecule has 2 rings (SSSR count). The summed E-state index contributed by atoms with van der Waals surface area (Å²) in [6.07, 6.45) is 2.88. The van der Waals surface area contributed by atoms with E-state index in [0.29, 0.717) is 12.1 Å². The second-order valence-electron chi connectivity index (χ2n) is 4.38. The summed E-state index contributed by atoms with van der Waals surface area (Å²) in [6.45, 7) is 4.67. The number of phenols is 1. The molecule has 2 aromatic rings. The van der Waals surface area contributed by atoms with Gasteiger partial charge in [-0.1, -0.05) is 13.0 Å². The van der Waals surface area contributed by atoms with Crippen LogP contribution in [0, 0.1) is 5.82 Å². The van der Waals surface area contributed by atoms with Crippen molar-refractivity contribution in [2.75, 3.05) is 0 Å². The van der Waals surface area contributed by atoms with Crippen molar-refractivity contribution in [3.63, 3.8) is 0 Å². The molecule has 0 aliphatic carbocycles. The van der Waals surface area contributed by atoms with Crippen molar-refractivity contribution in [1.82, 2.24) is 10.3 Å². The van der Waals surface area contributed by atoms with Crippen LogP contribution in [0.2, 0.25) is 0 Å². The number of thiazole rings is 1. The van der Waals surface area contributed by atoms with Gasteiger partial charge in [0.1, 0.15) is 16.6 Å². The quantitative estimate of drug-likeness (QED) is 0.882. The number of rotatable bonds is 5. The zero-order valence-electron chi connectivity index (χ0n) is 11.0. The number of aromatic nitrogens is 1. The van der Waals surface area contributed by atoms with Gasteiger partial charge < -0.3 is 10.4 Å². The van der Waals surface area contributed by atoms with Crippen molar-refractivity contribution < 1.29 is 9.50 Å². The van der Waals surface area contributed by atoms with Crippen LogP contribution in [0.25, 0.3) is 0 Å². The summed E-state index contributed by atoms with van der Waals surface area (Å²) in [7, 11) is 0. The first-order chi connectivity index (χ1) is 9.10. The summed E-state index contributed by atoms with van der Waals surface area (Å²) < 4.78 is 12.9. The third-order valence-electron chi connectivity index (χ3n) is 2.97. The minimum Gasteiger partial charge on any atom is -0.508 e. The van der Waals surface area contributed by atoms with E-state index < -0.39 is 5.82 Å². The predicted molar refractivity (Wildman–Crippen MR) is 74.8 cm³/mol. The van der Waals surface area contributed by atoms with Gasteiger partial charge in [0.15, 0.2) is 0 Å². The van der Waals surface area contributed by atoms with Gasteiger partial charge in [-0.15, -0.1) is 11.3 Å². The Morgan fingerprint density at radius 3 is 2.89 bits per heavy atom. The molecule has 0 aliphatic heterocycles. The second-order valence-corrected chi connectivity index (χ2v) is 5.58. The van der Waals surface area contributed by atoms with Crippen LogP contribution in [0.5, 0.6) is 5.75 Å². The maximum absolute atomic E-state index is 12.9. The number of hydrogen-bond donors (Lipinski definition) is 2. The van der Waals surface area contributed by atoms with Gasteiger partial charge in [-0.25, -0.2) is 9.37 Å². The van der Waals surface area contributed by atoms with Crippen LogP contribution in [0.4, 0.5) is 4.39 Å². The molecule has 0 fully saturated rings. The molecule has 1 aromatic heterocycles. The summed E-state index contributed by atoms with van der Waals surface area (Å²) in [5.41, 5.74) is 0.689. The summed E-state index contributed by atoms with van der Waals surface area (Å²) in [5, 5.41) is 14.0. The first-order valence-corrected chi connectivity index (χ1v) is 7.07. The van der Waals surface area contributed by atoms with Crippen molar-refractivity contribution in [2.45, 2.75) is 32.9 Å². The Kier molecular flexibility index (Phi) is 4.50. The van der Waals surface area contributed by atoms with Crippen LogP contribution in [-0.4, -0.2) is 10.1 Å². The van der Waals surface area contributed by atoms with E-state index in [1.165, 1.54) is 10.9 Å². The highest BCUT2D eigenvalue weighted by atomic mass is 32.1. The lowest BCUT2D eigenvalue weighted by atomic mass is 10.1. The average molecular weight is 280 g/mol. The zero-order chi connectivity index (χ0) is 13.8. The van der Waals surface area contributed by atoms with Crippen LogP contribution in [0.3, 0.4) is 0 Å². The fourth-order valence-electron chi connectivity index (χ4n) is 1.83. The molecular formula is C14H17FN2OS. The molecule has 1 aromatic carbocycles. The predicted octanol–water partition coefficient (Wildman–Crippen LogP) is 3.40. The SMILES string of the molecule is CCc1cnc(CNC(C)c2ccc(F)cc2O)s1. The van der Waals surface area contributed by atoms with E-state index in [2.05, 4.69) is 17.2 Å². The van der Waals surface area contributed by atoms with E-state index in [1.807, 2.05) is 13.1 Å². The Bertz CT molecular complexity index is 556. The Hall–Kier alpha value is -1.46. The number of aryl methyl sites for hydroxylation is 1. The molecule has 0 radical (unpaired) electrons. The van der Waals surface area contributed by atoms with E-state index >= 15 is 0 Å². The van der Waals surface area contributed by atoms with Crippen molar-refractivity contribution in [2.24, 2.45) is 0 Å². The van der Waals surface area contributed by atoms with Crippen LogP contribution in [0.1, 0.15) is 35.3 Å². The fraction of sp³-hybridized carbons (Fsp3) is 0.357. The summed E-state index contributed by atoms with van der Waals surface area (Å²) in [4.78, 5) is 5.58. The lowest BCUT2D eigenvalue weighted by molar-refractivity contribution is 0.446. The van der Waals surface area contributed by atoms with E-state index in [-0.39, 0.29) is 11.8 Å². The third-order valence-corrected chi connectivity index (χ3v) is 4.11. The van der Waals surface area contributed by atoms with E-state index in [4.69, 9.17) is 0 Å². The molecule has 1 atom stereocenters. The molecule has 0 saturated carbocycles. The molecule has 1 unspecified atom stereocenters. The smallest absolute Gasteiger partial charge is 0.126 e. The molecule has 0 aliphatic rings. The summed E-state index contributed by atoms with van der Waals surface area (Å²) in [5.74, 6) is -0.450. The molecule has 3 nitrogen and oxygen atoms in total. The van der Waals surface area contributed by atoms with Crippen molar-refractivity contribution in [3.05, 3.63) is 45.7 Å². The summed E-state index contributed by atoms with van der Waals surface area (Å²) >= 11 is 1.68. The van der Waals surface area contributed by atoms with Gasteiger partial charge >= 0.3 is 0 Å². The molecule has 5 heteroatoms. The third kappa shape index (κ3) is 3.52. The maximum Gasteiger partial charge on any atom is 0.126 e. The number of phenolic OH excluding ortho intramolecular Hbond substituents is 1. The van der Waals surface area contributed by atoms with Crippen LogP contribution in [0.15, 0.2) is 24.4 Å². The first kappa shape index (κ1) is 14.0. The molecular weight excluding hydrogens is 263 g/mol. The highest BCUT2D eigenvalue weighted by Gasteiger charge is 2.11. The second kappa shape index (κ2) is 6.12. The van der Waals surface area contributed by atoms with Gasteiger partial charge in [0.25, 0.3) is 0 Å². The average Bonchev–Trinajstić information content (AvgIpc) is 2.84. The Balaban J connectivity index is 1.98.